The monoisotopic (exact) mass is 330 g/mol. The fourth-order valence-corrected chi connectivity index (χ4v) is 3.77. The Morgan fingerprint density at radius 1 is 1.22 bits per heavy atom. The van der Waals surface area contributed by atoms with Gasteiger partial charge in [-0.3, -0.25) is 14.9 Å². The van der Waals surface area contributed by atoms with Crippen molar-refractivity contribution in [1.29, 1.82) is 0 Å². The topological polar surface area (TPSA) is 63.4 Å². The van der Waals surface area contributed by atoms with Gasteiger partial charge in [-0.25, -0.2) is 0 Å². The van der Waals surface area contributed by atoms with Crippen LogP contribution in [0.15, 0.2) is 41.8 Å². The van der Waals surface area contributed by atoms with E-state index < -0.39 is 4.92 Å². The number of nitro groups is 1. The molecule has 1 atom stereocenters. The summed E-state index contributed by atoms with van der Waals surface area (Å²) >= 11 is 1.01. The molecular formula is C17H18N2O3S. The van der Waals surface area contributed by atoms with Crippen LogP contribution in [-0.4, -0.2) is 22.3 Å². The number of hydrogen-bond donors (Lipinski definition) is 0. The largest absolute Gasteiger partial charge is 0.332 e. The maximum atomic E-state index is 12.9. The molecule has 0 bridgehead atoms. The molecule has 1 amide bonds. The van der Waals surface area contributed by atoms with Crippen LogP contribution in [0.25, 0.3) is 0 Å². The van der Waals surface area contributed by atoms with Gasteiger partial charge in [0.25, 0.3) is 5.91 Å². The zero-order valence-electron chi connectivity index (χ0n) is 12.7. The Balaban J connectivity index is 1.89. The zero-order chi connectivity index (χ0) is 16.2. The van der Waals surface area contributed by atoms with Gasteiger partial charge >= 0.3 is 5.00 Å². The SMILES string of the molecule is O=C(c1csc([N+](=O)[O-])c1)N1CCCCCC1c1ccccc1. The molecule has 1 aromatic carbocycles. The van der Waals surface area contributed by atoms with Crippen molar-refractivity contribution in [3.63, 3.8) is 0 Å². The van der Waals surface area contributed by atoms with Crippen molar-refractivity contribution in [2.45, 2.75) is 31.7 Å². The standard InChI is InChI=1S/C17H18N2O3S/c20-17(14-11-16(19(21)22)23-12-14)18-10-6-2-5-9-15(18)13-7-3-1-4-8-13/h1,3-4,7-8,11-12,15H,2,5-6,9-10H2. The summed E-state index contributed by atoms with van der Waals surface area (Å²) in [5, 5.41) is 12.4. The average molecular weight is 330 g/mol. The number of carbonyl (C=O) groups excluding carboxylic acids is 1. The molecule has 2 heterocycles. The summed E-state index contributed by atoms with van der Waals surface area (Å²) in [6, 6.07) is 11.5. The van der Waals surface area contributed by atoms with Crippen LogP contribution in [0.4, 0.5) is 5.00 Å². The minimum absolute atomic E-state index is 0.0134. The van der Waals surface area contributed by atoms with Gasteiger partial charge in [-0.2, -0.15) is 0 Å². The van der Waals surface area contributed by atoms with Gasteiger partial charge in [0.15, 0.2) is 0 Å². The Morgan fingerprint density at radius 3 is 2.70 bits per heavy atom. The highest BCUT2D eigenvalue weighted by molar-refractivity contribution is 7.13. The maximum Gasteiger partial charge on any atom is 0.324 e. The minimum atomic E-state index is -0.446. The van der Waals surface area contributed by atoms with E-state index in [4.69, 9.17) is 0 Å². The van der Waals surface area contributed by atoms with Crippen molar-refractivity contribution < 1.29 is 9.72 Å². The van der Waals surface area contributed by atoms with E-state index in [0.717, 1.165) is 42.6 Å². The maximum absolute atomic E-state index is 12.9. The predicted molar refractivity (Wildman–Crippen MR) is 89.7 cm³/mol. The quantitative estimate of drug-likeness (QED) is 0.618. The molecule has 1 unspecified atom stereocenters. The summed E-state index contributed by atoms with van der Waals surface area (Å²) < 4.78 is 0. The molecule has 0 saturated carbocycles. The molecule has 1 saturated heterocycles. The van der Waals surface area contributed by atoms with E-state index in [9.17, 15) is 14.9 Å². The number of rotatable bonds is 3. The van der Waals surface area contributed by atoms with Gasteiger partial charge in [0.1, 0.15) is 0 Å². The van der Waals surface area contributed by atoms with E-state index >= 15 is 0 Å². The summed E-state index contributed by atoms with van der Waals surface area (Å²) in [4.78, 5) is 25.2. The first kappa shape index (κ1) is 15.7. The molecule has 1 aromatic heterocycles. The third-order valence-electron chi connectivity index (χ3n) is 4.21. The van der Waals surface area contributed by atoms with Crippen molar-refractivity contribution in [2.75, 3.05) is 6.54 Å². The van der Waals surface area contributed by atoms with Crippen LogP contribution in [0.1, 0.15) is 47.6 Å². The lowest BCUT2D eigenvalue weighted by Crippen LogP contribution is -2.34. The van der Waals surface area contributed by atoms with Crippen LogP contribution >= 0.6 is 11.3 Å². The second-order valence-electron chi connectivity index (χ2n) is 5.71. The number of nitrogens with zero attached hydrogens (tertiary/aromatic N) is 2. The smallest absolute Gasteiger partial charge is 0.324 e. The van der Waals surface area contributed by atoms with Gasteiger partial charge in [0.2, 0.25) is 0 Å². The molecule has 0 aliphatic carbocycles. The molecule has 23 heavy (non-hydrogen) atoms. The van der Waals surface area contributed by atoms with Crippen LogP contribution in [0.5, 0.6) is 0 Å². The van der Waals surface area contributed by atoms with Crippen LogP contribution in [0, 0.1) is 10.1 Å². The fraction of sp³-hybridized carbons (Fsp3) is 0.353. The summed E-state index contributed by atoms with van der Waals surface area (Å²) in [6.07, 6.45) is 4.10. The van der Waals surface area contributed by atoms with Gasteiger partial charge in [-0.05, 0) is 18.4 Å². The number of benzene rings is 1. The summed E-state index contributed by atoms with van der Waals surface area (Å²) in [6.45, 7) is 0.696. The van der Waals surface area contributed by atoms with Crippen molar-refractivity contribution in [1.82, 2.24) is 4.90 Å². The number of hydrogen-bond acceptors (Lipinski definition) is 4. The fourth-order valence-electron chi connectivity index (χ4n) is 3.07. The average Bonchev–Trinajstić information content (AvgIpc) is 2.94. The van der Waals surface area contributed by atoms with E-state index in [1.54, 1.807) is 5.38 Å². The van der Waals surface area contributed by atoms with Gasteiger partial charge in [-0.1, -0.05) is 54.5 Å². The zero-order valence-corrected chi connectivity index (χ0v) is 13.5. The number of likely N-dealkylation sites (tertiary alicyclic amines) is 1. The van der Waals surface area contributed by atoms with Crippen LogP contribution < -0.4 is 0 Å². The van der Waals surface area contributed by atoms with Crippen LogP contribution in [0.2, 0.25) is 0 Å². The van der Waals surface area contributed by atoms with Crippen molar-refractivity contribution in [2.24, 2.45) is 0 Å². The highest BCUT2D eigenvalue weighted by Crippen LogP contribution is 2.32. The molecule has 120 valence electrons. The second kappa shape index (κ2) is 6.91. The lowest BCUT2D eigenvalue weighted by molar-refractivity contribution is -0.380. The molecule has 1 aliphatic rings. The molecule has 5 nitrogen and oxygen atoms in total. The van der Waals surface area contributed by atoms with Gasteiger partial charge < -0.3 is 4.90 Å². The van der Waals surface area contributed by atoms with Gasteiger partial charge in [0, 0.05) is 18.0 Å². The van der Waals surface area contributed by atoms with Crippen molar-refractivity contribution in [3.8, 4) is 0 Å². The molecule has 2 aromatic rings. The highest BCUT2D eigenvalue weighted by Gasteiger charge is 2.28. The highest BCUT2D eigenvalue weighted by atomic mass is 32.1. The molecule has 1 fully saturated rings. The molecule has 6 heteroatoms. The van der Waals surface area contributed by atoms with E-state index in [1.807, 2.05) is 35.2 Å². The first-order chi connectivity index (χ1) is 11.2. The Labute approximate surface area is 138 Å². The van der Waals surface area contributed by atoms with Crippen molar-refractivity contribution in [3.05, 3.63) is 63.0 Å². The molecule has 0 spiro atoms. The third-order valence-corrected chi connectivity index (χ3v) is 5.09. The molecule has 1 aliphatic heterocycles. The lowest BCUT2D eigenvalue weighted by Gasteiger charge is -2.30. The van der Waals surface area contributed by atoms with Crippen LogP contribution in [-0.2, 0) is 0 Å². The number of amides is 1. The molecule has 0 N–H and O–H groups in total. The van der Waals surface area contributed by atoms with E-state index in [0.29, 0.717) is 12.1 Å². The second-order valence-corrected chi connectivity index (χ2v) is 6.59. The first-order valence-corrected chi connectivity index (χ1v) is 8.63. The van der Waals surface area contributed by atoms with E-state index in [2.05, 4.69) is 0 Å². The van der Waals surface area contributed by atoms with Crippen LogP contribution in [0.3, 0.4) is 0 Å². The Hall–Kier alpha value is -2.21. The molecule has 0 radical (unpaired) electrons. The van der Waals surface area contributed by atoms with Crippen molar-refractivity contribution >= 4 is 22.2 Å². The minimum Gasteiger partial charge on any atom is -0.332 e. The third kappa shape index (κ3) is 3.42. The predicted octanol–water partition coefficient (Wildman–Crippen LogP) is 4.41. The Morgan fingerprint density at radius 2 is 2.00 bits per heavy atom. The molecule has 3 rings (SSSR count). The normalized spacial score (nSPS) is 18.4. The van der Waals surface area contributed by atoms with Gasteiger partial charge in [-0.15, -0.1) is 0 Å². The Kier molecular flexibility index (Phi) is 4.71. The first-order valence-electron chi connectivity index (χ1n) is 7.75. The number of thiophene rings is 1. The molecular weight excluding hydrogens is 312 g/mol. The summed E-state index contributed by atoms with van der Waals surface area (Å²) in [7, 11) is 0. The van der Waals surface area contributed by atoms with E-state index in [1.165, 1.54) is 6.07 Å². The lowest BCUT2D eigenvalue weighted by atomic mass is 10.0. The number of carbonyl (C=O) groups is 1. The summed E-state index contributed by atoms with van der Waals surface area (Å²) in [5.74, 6) is -0.106. The summed E-state index contributed by atoms with van der Waals surface area (Å²) in [5.41, 5.74) is 1.55. The van der Waals surface area contributed by atoms with E-state index in [-0.39, 0.29) is 17.0 Å². The van der Waals surface area contributed by atoms with Gasteiger partial charge in [0.05, 0.1) is 16.5 Å². The Bertz CT molecular complexity index is 699.